The van der Waals surface area contributed by atoms with Gasteiger partial charge in [0.1, 0.15) is 12.6 Å². The van der Waals surface area contributed by atoms with Gasteiger partial charge in [-0.05, 0) is 56.5 Å². The normalized spacial score (nSPS) is 15.9. The molecule has 200 valence electrons. The molecule has 1 heterocycles. The molecule has 1 unspecified atom stereocenters. The Balaban J connectivity index is 1.61. The molecule has 2 aromatic carbocycles. The zero-order valence-electron chi connectivity index (χ0n) is 21.0. The van der Waals surface area contributed by atoms with E-state index in [9.17, 15) is 18.0 Å². The summed E-state index contributed by atoms with van der Waals surface area (Å²) in [5, 5.41) is 3.60. The van der Waals surface area contributed by atoms with Gasteiger partial charge in [-0.2, -0.15) is 0 Å². The SMILES string of the molecule is CCS(=O)(=O)N(CC(=O)N(Cc1ccc(Cl)cc1)C(C)C(=O)NC1CCCC1)c1ccc2c(c1)OCO2. The van der Waals surface area contributed by atoms with E-state index < -0.39 is 28.5 Å². The van der Waals surface area contributed by atoms with Crippen LogP contribution in [-0.2, 0) is 26.2 Å². The van der Waals surface area contributed by atoms with Gasteiger partial charge >= 0.3 is 0 Å². The molecule has 0 aromatic heterocycles. The summed E-state index contributed by atoms with van der Waals surface area (Å²) < 4.78 is 38.0. The Labute approximate surface area is 222 Å². The third-order valence-electron chi connectivity index (χ3n) is 6.76. The molecule has 0 saturated heterocycles. The number of benzene rings is 2. The van der Waals surface area contributed by atoms with E-state index in [0.29, 0.717) is 16.5 Å². The Bertz CT molecular complexity index is 1230. The van der Waals surface area contributed by atoms with Gasteiger partial charge in [0, 0.05) is 23.7 Å². The average Bonchev–Trinajstić information content (AvgIpc) is 3.57. The van der Waals surface area contributed by atoms with E-state index in [4.69, 9.17) is 21.1 Å². The van der Waals surface area contributed by atoms with Crippen LogP contribution in [0.15, 0.2) is 42.5 Å². The second kappa shape index (κ2) is 11.6. The second-order valence-corrected chi connectivity index (χ2v) is 11.9. The average molecular weight is 550 g/mol. The summed E-state index contributed by atoms with van der Waals surface area (Å²) in [6, 6.07) is 11.0. The quantitative estimate of drug-likeness (QED) is 0.484. The number of hydrogen-bond donors (Lipinski definition) is 1. The predicted molar refractivity (Wildman–Crippen MR) is 141 cm³/mol. The van der Waals surface area contributed by atoms with Crippen LogP contribution < -0.4 is 19.1 Å². The number of nitrogens with one attached hydrogen (secondary N) is 1. The number of sulfonamides is 1. The minimum atomic E-state index is -3.83. The van der Waals surface area contributed by atoms with Crippen molar-refractivity contribution in [1.29, 1.82) is 0 Å². The van der Waals surface area contributed by atoms with Crippen molar-refractivity contribution in [2.45, 2.75) is 58.2 Å². The first-order valence-electron chi connectivity index (χ1n) is 12.4. The maximum absolute atomic E-state index is 13.7. The van der Waals surface area contributed by atoms with Crippen LogP contribution >= 0.6 is 11.6 Å². The van der Waals surface area contributed by atoms with Gasteiger partial charge in [-0.1, -0.05) is 36.6 Å². The summed E-state index contributed by atoms with van der Waals surface area (Å²) >= 11 is 6.02. The van der Waals surface area contributed by atoms with Crippen molar-refractivity contribution < 1.29 is 27.5 Å². The van der Waals surface area contributed by atoms with Crippen LogP contribution in [0.3, 0.4) is 0 Å². The highest BCUT2D eigenvalue weighted by molar-refractivity contribution is 7.92. The molecule has 1 aliphatic carbocycles. The number of halogens is 1. The third-order valence-corrected chi connectivity index (χ3v) is 8.75. The highest BCUT2D eigenvalue weighted by Gasteiger charge is 2.32. The number of amides is 2. The highest BCUT2D eigenvalue weighted by atomic mass is 35.5. The van der Waals surface area contributed by atoms with Crippen molar-refractivity contribution in [2.24, 2.45) is 0 Å². The lowest BCUT2D eigenvalue weighted by Crippen LogP contribution is -2.52. The fourth-order valence-corrected chi connectivity index (χ4v) is 5.70. The highest BCUT2D eigenvalue weighted by Crippen LogP contribution is 2.36. The fraction of sp³-hybridized carbons (Fsp3) is 0.462. The zero-order valence-corrected chi connectivity index (χ0v) is 22.6. The molecule has 2 amide bonds. The number of anilines is 1. The van der Waals surface area contributed by atoms with Gasteiger partial charge in [-0.3, -0.25) is 13.9 Å². The van der Waals surface area contributed by atoms with Gasteiger partial charge in [0.15, 0.2) is 11.5 Å². The van der Waals surface area contributed by atoms with Crippen LogP contribution in [0.25, 0.3) is 0 Å². The summed E-state index contributed by atoms with van der Waals surface area (Å²) in [6.07, 6.45) is 3.95. The van der Waals surface area contributed by atoms with E-state index in [-0.39, 0.29) is 36.7 Å². The summed E-state index contributed by atoms with van der Waals surface area (Å²) in [6.45, 7) is 2.88. The second-order valence-electron chi connectivity index (χ2n) is 9.26. The number of nitrogens with zero attached hydrogens (tertiary/aromatic N) is 2. The standard InChI is InChI=1S/C26H32ClN3O6S/c1-3-37(33,34)30(22-12-13-23-24(14-22)36-17-35-23)16-25(31)29(15-19-8-10-20(27)11-9-19)18(2)26(32)28-21-6-4-5-7-21/h8-14,18,21H,3-7,15-17H2,1-2H3,(H,28,32). The Morgan fingerprint density at radius 1 is 1.08 bits per heavy atom. The molecule has 0 spiro atoms. The van der Waals surface area contributed by atoms with Crippen LogP contribution in [0.5, 0.6) is 11.5 Å². The molecular weight excluding hydrogens is 518 g/mol. The first-order valence-corrected chi connectivity index (χ1v) is 14.4. The Morgan fingerprint density at radius 2 is 1.76 bits per heavy atom. The smallest absolute Gasteiger partial charge is 0.244 e. The molecule has 2 aromatic rings. The number of rotatable bonds is 10. The number of carbonyl (C=O) groups excluding carboxylic acids is 2. The Kier molecular flexibility index (Phi) is 8.49. The molecule has 0 radical (unpaired) electrons. The largest absolute Gasteiger partial charge is 0.454 e. The van der Waals surface area contributed by atoms with Crippen LogP contribution in [0.2, 0.25) is 5.02 Å². The van der Waals surface area contributed by atoms with Crippen molar-refractivity contribution in [2.75, 3.05) is 23.4 Å². The maximum Gasteiger partial charge on any atom is 0.244 e. The number of carbonyl (C=O) groups is 2. The van der Waals surface area contributed by atoms with Gasteiger partial charge in [0.05, 0.1) is 11.4 Å². The first-order chi connectivity index (χ1) is 17.7. The molecule has 1 aliphatic heterocycles. The molecule has 37 heavy (non-hydrogen) atoms. The van der Waals surface area contributed by atoms with Crippen molar-refractivity contribution >= 4 is 39.1 Å². The van der Waals surface area contributed by atoms with Crippen LogP contribution in [0.4, 0.5) is 5.69 Å². The van der Waals surface area contributed by atoms with E-state index >= 15 is 0 Å². The van der Waals surface area contributed by atoms with Gasteiger partial charge in [-0.15, -0.1) is 0 Å². The lowest BCUT2D eigenvalue weighted by Gasteiger charge is -2.32. The molecule has 1 fully saturated rings. The van der Waals surface area contributed by atoms with Gasteiger partial charge in [0.25, 0.3) is 0 Å². The van der Waals surface area contributed by atoms with Crippen LogP contribution in [0, 0.1) is 0 Å². The summed E-state index contributed by atoms with van der Waals surface area (Å²) in [5.74, 6) is -0.0566. The minimum absolute atomic E-state index is 0.0424. The van der Waals surface area contributed by atoms with E-state index in [1.807, 2.05) is 0 Å². The first kappa shape index (κ1) is 27.1. The summed E-state index contributed by atoms with van der Waals surface area (Å²) in [4.78, 5) is 28.3. The lowest BCUT2D eigenvalue weighted by atomic mass is 10.1. The lowest BCUT2D eigenvalue weighted by molar-refractivity contribution is -0.139. The van der Waals surface area contributed by atoms with Crippen molar-refractivity contribution in [3.8, 4) is 11.5 Å². The monoisotopic (exact) mass is 549 g/mol. The molecule has 0 bridgehead atoms. The van der Waals surface area contributed by atoms with E-state index in [2.05, 4.69) is 5.32 Å². The molecule has 2 aliphatic rings. The molecule has 4 rings (SSSR count). The molecule has 1 atom stereocenters. The van der Waals surface area contributed by atoms with E-state index in [0.717, 1.165) is 35.6 Å². The van der Waals surface area contributed by atoms with Gasteiger partial charge < -0.3 is 19.7 Å². The molecule has 9 nitrogen and oxygen atoms in total. The maximum atomic E-state index is 13.7. The summed E-state index contributed by atoms with van der Waals surface area (Å²) in [7, 11) is -3.83. The summed E-state index contributed by atoms with van der Waals surface area (Å²) in [5.41, 5.74) is 1.06. The number of fused-ring (bicyclic) bond motifs is 1. The topological polar surface area (TPSA) is 105 Å². The molecule has 1 saturated carbocycles. The fourth-order valence-electron chi connectivity index (χ4n) is 4.52. The number of ether oxygens (including phenoxy) is 2. The molecule has 11 heteroatoms. The zero-order chi connectivity index (χ0) is 26.6. The molecule has 1 N–H and O–H groups in total. The van der Waals surface area contributed by atoms with E-state index in [1.165, 1.54) is 11.8 Å². The van der Waals surface area contributed by atoms with E-state index in [1.54, 1.807) is 49.4 Å². The van der Waals surface area contributed by atoms with Gasteiger partial charge in [-0.25, -0.2) is 8.42 Å². The van der Waals surface area contributed by atoms with Gasteiger partial charge in [0.2, 0.25) is 28.6 Å². The molecular formula is C26H32ClN3O6S. The van der Waals surface area contributed by atoms with Crippen LogP contribution in [-0.4, -0.2) is 56.3 Å². The Morgan fingerprint density at radius 3 is 2.43 bits per heavy atom. The third kappa shape index (κ3) is 6.48. The van der Waals surface area contributed by atoms with Crippen molar-refractivity contribution in [3.05, 3.63) is 53.1 Å². The van der Waals surface area contributed by atoms with Crippen molar-refractivity contribution in [3.63, 3.8) is 0 Å². The Hall–Kier alpha value is -2.98. The van der Waals surface area contributed by atoms with Crippen LogP contribution in [0.1, 0.15) is 45.1 Å². The minimum Gasteiger partial charge on any atom is -0.454 e. The number of hydrogen-bond acceptors (Lipinski definition) is 6. The van der Waals surface area contributed by atoms with Crippen molar-refractivity contribution in [1.82, 2.24) is 10.2 Å². The predicted octanol–water partition coefficient (Wildman–Crippen LogP) is 3.70.